The molecule has 0 radical (unpaired) electrons. The first kappa shape index (κ1) is 25.0. The Morgan fingerprint density at radius 2 is 1.46 bits per heavy atom. The Hall–Kier alpha value is -5.14. The van der Waals surface area contributed by atoms with E-state index in [9.17, 15) is 5.26 Å². The number of nitrogens with zero attached hydrogens (tertiary/aromatic N) is 2. The van der Waals surface area contributed by atoms with Crippen molar-refractivity contribution in [3.8, 4) is 63.9 Å². The summed E-state index contributed by atoms with van der Waals surface area (Å²) >= 11 is 0. The van der Waals surface area contributed by atoms with E-state index in [0.717, 1.165) is 11.1 Å². The lowest BCUT2D eigenvalue weighted by molar-refractivity contribution is 0.367. The minimum Gasteiger partial charge on any atom is -0.497 e. The zero-order valence-electron chi connectivity index (χ0n) is 20.6. The average molecular weight is 493 g/mol. The van der Waals surface area contributed by atoms with Gasteiger partial charge in [-0.3, -0.25) is 0 Å². The minimum absolute atomic E-state index is 0.0978. The number of nitriles is 1. The standard InChI is InChI=1S/C30H24N2O5/c1-5-16-36-27-15-14-25(35-4)17-22(27)19-32-30-26(18-31)28(20-6-10-23(33-2)11-7-20)29(37-30)21-8-12-24(34-3)13-9-21/h1,6-15,17,19H,16H2,2-4H3. The van der Waals surface area contributed by atoms with Crippen LogP contribution in [0.4, 0.5) is 5.88 Å². The summed E-state index contributed by atoms with van der Waals surface area (Å²) in [7, 11) is 4.77. The van der Waals surface area contributed by atoms with Crippen LogP contribution in [0.1, 0.15) is 11.1 Å². The smallest absolute Gasteiger partial charge is 0.238 e. The summed E-state index contributed by atoms with van der Waals surface area (Å²) in [5.41, 5.74) is 3.09. The molecule has 1 aromatic heterocycles. The molecule has 0 amide bonds. The Balaban J connectivity index is 1.86. The highest BCUT2D eigenvalue weighted by Crippen LogP contribution is 2.43. The topological polar surface area (TPSA) is 86.2 Å². The highest BCUT2D eigenvalue weighted by Gasteiger charge is 2.23. The van der Waals surface area contributed by atoms with Gasteiger partial charge in [-0.1, -0.05) is 18.1 Å². The number of benzene rings is 3. The van der Waals surface area contributed by atoms with Crippen molar-refractivity contribution in [2.45, 2.75) is 0 Å². The molecule has 0 N–H and O–H groups in total. The molecule has 0 aliphatic rings. The monoisotopic (exact) mass is 492 g/mol. The zero-order chi connectivity index (χ0) is 26.2. The molecule has 0 bridgehead atoms. The fraction of sp³-hybridized carbons (Fsp3) is 0.133. The van der Waals surface area contributed by atoms with Gasteiger partial charge in [-0.2, -0.15) is 5.26 Å². The van der Waals surface area contributed by atoms with Crippen LogP contribution in [0.15, 0.2) is 76.1 Å². The average Bonchev–Trinajstić information content (AvgIpc) is 3.33. The minimum atomic E-state index is 0.0978. The maximum absolute atomic E-state index is 10.2. The summed E-state index contributed by atoms with van der Waals surface area (Å²) < 4.78 is 27.8. The largest absolute Gasteiger partial charge is 0.497 e. The number of aliphatic imine (C=N–C) groups is 1. The summed E-state index contributed by atoms with van der Waals surface area (Å²) in [6.45, 7) is 0.0978. The molecule has 7 nitrogen and oxygen atoms in total. The summed E-state index contributed by atoms with van der Waals surface area (Å²) in [4.78, 5) is 4.54. The Morgan fingerprint density at radius 3 is 2.03 bits per heavy atom. The Morgan fingerprint density at radius 1 is 0.865 bits per heavy atom. The second-order valence-corrected chi connectivity index (χ2v) is 7.71. The van der Waals surface area contributed by atoms with Crippen molar-refractivity contribution in [3.05, 3.63) is 77.9 Å². The maximum atomic E-state index is 10.2. The fourth-order valence-corrected chi connectivity index (χ4v) is 3.73. The van der Waals surface area contributed by atoms with Crippen molar-refractivity contribution < 1.29 is 23.4 Å². The summed E-state index contributed by atoms with van der Waals surface area (Å²) in [6, 6.07) is 22.3. The first-order chi connectivity index (χ1) is 18.1. The van der Waals surface area contributed by atoms with Gasteiger partial charge in [0.2, 0.25) is 5.88 Å². The van der Waals surface area contributed by atoms with Gasteiger partial charge in [-0.25, -0.2) is 4.99 Å². The molecule has 3 aromatic carbocycles. The molecule has 0 saturated heterocycles. The summed E-state index contributed by atoms with van der Waals surface area (Å²) in [5.74, 6) is 5.66. The maximum Gasteiger partial charge on any atom is 0.238 e. The SMILES string of the molecule is C#CCOc1ccc(OC)cc1C=Nc1oc(-c2ccc(OC)cc2)c(-c2ccc(OC)cc2)c1C#N. The van der Waals surface area contributed by atoms with Gasteiger partial charge in [-0.05, 0) is 60.2 Å². The van der Waals surface area contributed by atoms with Gasteiger partial charge in [0.25, 0.3) is 0 Å². The Bertz CT molecular complexity index is 1490. The van der Waals surface area contributed by atoms with Gasteiger partial charge >= 0.3 is 0 Å². The molecule has 4 aromatic rings. The number of ether oxygens (including phenoxy) is 4. The number of terminal acetylenes is 1. The van der Waals surface area contributed by atoms with Gasteiger partial charge < -0.3 is 23.4 Å². The second-order valence-electron chi connectivity index (χ2n) is 7.71. The number of rotatable bonds is 9. The lowest BCUT2D eigenvalue weighted by Gasteiger charge is -2.08. The van der Waals surface area contributed by atoms with Crippen LogP contribution in [0.2, 0.25) is 0 Å². The van der Waals surface area contributed by atoms with E-state index in [-0.39, 0.29) is 12.5 Å². The van der Waals surface area contributed by atoms with Gasteiger partial charge in [-0.15, -0.1) is 6.42 Å². The molecule has 37 heavy (non-hydrogen) atoms. The van der Waals surface area contributed by atoms with E-state index >= 15 is 0 Å². The van der Waals surface area contributed by atoms with Crippen LogP contribution in [0.25, 0.3) is 22.5 Å². The molecule has 0 aliphatic heterocycles. The lowest BCUT2D eigenvalue weighted by Crippen LogP contribution is -1.98. The molecule has 4 rings (SSSR count). The molecule has 0 atom stereocenters. The van der Waals surface area contributed by atoms with Crippen LogP contribution >= 0.6 is 0 Å². The van der Waals surface area contributed by atoms with Crippen molar-refractivity contribution in [2.24, 2.45) is 4.99 Å². The summed E-state index contributed by atoms with van der Waals surface area (Å²) in [5, 5.41) is 10.2. The highest BCUT2D eigenvalue weighted by atomic mass is 16.5. The predicted molar refractivity (Wildman–Crippen MR) is 142 cm³/mol. The third-order valence-corrected chi connectivity index (χ3v) is 5.58. The van der Waals surface area contributed by atoms with Gasteiger partial charge in [0.1, 0.15) is 47.0 Å². The number of methoxy groups -OCH3 is 3. The molecule has 7 heteroatoms. The van der Waals surface area contributed by atoms with Gasteiger partial charge in [0.05, 0.1) is 21.3 Å². The van der Waals surface area contributed by atoms with E-state index in [2.05, 4.69) is 17.0 Å². The molecule has 184 valence electrons. The van der Waals surface area contributed by atoms with Gasteiger partial charge in [0, 0.05) is 22.9 Å². The molecular weight excluding hydrogens is 468 g/mol. The molecule has 0 saturated carbocycles. The fourth-order valence-electron chi connectivity index (χ4n) is 3.73. The van der Waals surface area contributed by atoms with E-state index in [1.54, 1.807) is 45.7 Å². The molecule has 0 unspecified atom stereocenters. The first-order valence-electron chi connectivity index (χ1n) is 11.3. The van der Waals surface area contributed by atoms with E-state index in [0.29, 0.717) is 45.4 Å². The van der Waals surface area contributed by atoms with Crippen molar-refractivity contribution >= 4 is 12.1 Å². The van der Waals surface area contributed by atoms with Crippen molar-refractivity contribution in [3.63, 3.8) is 0 Å². The number of furan rings is 1. The molecule has 0 fully saturated rings. The van der Waals surface area contributed by atoms with Crippen molar-refractivity contribution in [1.82, 2.24) is 0 Å². The summed E-state index contributed by atoms with van der Waals surface area (Å²) in [6.07, 6.45) is 6.91. The van der Waals surface area contributed by atoms with E-state index in [4.69, 9.17) is 29.8 Å². The molecule has 0 spiro atoms. The first-order valence-corrected chi connectivity index (χ1v) is 11.3. The third kappa shape index (κ3) is 5.42. The van der Waals surface area contributed by atoms with Crippen LogP contribution in [0.5, 0.6) is 23.0 Å². The zero-order valence-corrected chi connectivity index (χ0v) is 20.6. The Labute approximate surface area is 215 Å². The Kier molecular flexibility index (Phi) is 7.78. The van der Waals surface area contributed by atoms with E-state index < -0.39 is 0 Å². The quantitative estimate of drug-likeness (QED) is 0.202. The van der Waals surface area contributed by atoms with E-state index in [1.807, 2.05) is 48.5 Å². The second kappa shape index (κ2) is 11.5. The number of hydrogen-bond donors (Lipinski definition) is 0. The molecular formula is C30H24N2O5. The third-order valence-electron chi connectivity index (χ3n) is 5.58. The van der Waals surface area contributed by atoms with Crippen molar-refractivity contribution in [1.29, 1.82) is 5.26 Å². The van der Waals surface area contributed by atoms with Crippen molar-refractivity contribution in [2.75, 3.05) is 27.9 Å². The van der Waals surface area contributed by atoms with Crippen LogP contribution in [-0.4, -0.2) is 34.2 Å². The molecule has 1 heterocycles. The molecule has 0 aliphatic carbocycles. The van der Waals surface area contributed by atoms with Crippen LogP contribution in [0.3, 0.4) is 0 Å². The predicted octanol–water partition coefficient (Wildman–Crippen LogP) is 6.27. The lowest BCUT2D eigenvalue weighted by atomic mass is 9.98. The van der Waals surface area contributed by atoms with Crippen LogP contribution < -0.4 is 18.9 Å². The van der Waals surface area contributed by atoms with E-state index in [1.165, 1.54) is 0 Å². The number of hydrogen-bond acceptors (Lipinski definition) is 7. The highest BCUT2D eigenvalue weighted by molar-refractivity contribution is 5.91. The van der Waals surface area contributed by atoms with Crippen LogP contribution in [0, 0.1) is 23.7 Å². The normalized spacial score (nSPS) is 10.5. The van der Waals surface area contributed by atoms with Crippen LogP contribution in [-0.2, 0) is 0 Å². The van der Waals surface area contributed by atoms with Gasteiger partial charge in [0.15, 0.2) is 0 Å².